The molecule has 0 amide bonds. The Morgan fingerprint density at radius 1 is 1.21 bits per heavy atom. The monoisotopic (exact) mass is 359 g/mol. The molecule has 0 atom stereocenters. The highest BCUT2D eigenvalue weighted by atomic mass is 32.2. The predicted molar refractivity (Wildman–Crippen MR) is 74.3 cm³/mol. The third-order valence-corrected chi connectivity index (χ3v) is 3.70. The van der Waals surface area contributed by atoms with Crippen LogP contribution in [-0.2, 0) is 16.0 Å². The molecule has 0 radical (unpaired) electrons. The van der Waals surface area contributed by atoms with E-state index in [0.717, 1.165) is 23.0 Å². The van der Waals surface area contributed by atoms with Crippen molar-refractivity contribution in [3.8, 4) is 11.4 Å². The summed E-state index contributed by atoms with van der Waals surface area (Å²) in [5.74, 6) is -0.651. The van der Waals surface area contributed by atoms with Crippen molar-refractivity contribution in [2.24, 2.45) is 0 Å². The number of hydrogen-bond acceptors (Lipinski definition) is 8. The second kappa shape index (κ2) is 5.09. The molecule has 13 heteroatoms. The highest BCUT2D eigenvalue weighted by molar-refractivity contribution is 7.90. The molecule has 9 nitrogen and oxygen atoms in total. The minimum atomic E-state index is -4.63. The Hall–Kier alpha value is -2.83. The number of pyridine rings is 1. The number of nitrogens with zero attached hydrogens (tertiary/aromatic N) is 6. The zero-order valence-corrected chi connectivity index (χ0v) is 12.7. The zero-order chi connectivity index (χ0) is 17.7. The summed E-state index contributed by atoms with van der Waals surface area (Å²) >= 11 is 0. The number of sulfone groups is 1. The summed E-state index contributed by atoms with van der Waals surface area (Å²) in [7, 11) is -3.74. The quantitative estimate of drug-likeness (QED) is 0.704. The molecule has 0 fully saturated rings. The van der Waals surface area contributed by atoms with E-state index >= 15 is 0 Å². The first-order valence-corrected chi connectivity index (χ1v) is 8.09. The van der Waals surface area contributed by atoms with Crippen LogP contribution in [0.5, 0.6) is 0 Å². The summed E-state index contributed by atoms with van der Waals surface area (Å²) in [6, 6.07) is 2.03. The van der Waals surface area contributed by atoms with Gasteiger partial charge in [0.25, 0.3) is 10.9 Å². The lowest BCUT2D eigenvalue weighted by Gasteiger charge is -2.05. The Labute approximate surface area is 132 Å². The number of alkyl halides is 3. The van der Waals surface area contributed by atoms with Gasteiger partial charge < -0.3 is 5.73 Å². The molecule has 3 rings (SSSR count). The van der Waals surface area contributed by atoms with Gasteiger partial charge in [0.05, 0.1) is 0 Å². The lowest BCUT2D eigenvalue weighted by Crippen LogP contribution is -2.11. The summed E-state index contributed by atoms with van der Waals surface area (Å²) in [6.45, 7) is 0. The molecule has 24 heavy (non-hydrogen) atoms. The van der Waals surface area contributed by atoms with Gasteiger partial charge in [-0.25, -0.2) is 8.42 Å². The fourth-order valence-electron chi connectivity index (χ4n) is 1.80. The van der Waals surface area contributed by atoms with Crippen LogP contribution in [0.3, 0.4) is 0 Å². The number of nitrogens with two attached hydrogens (primary N) is 1. The molecule has 0 spiro atoms. The number of nitrogen functional groups attached to an aromatic ring is 1. The van der Waals surface area contributed by atoms with Crippen molar-refractivity contribution in [2.45, 2.75) is 11.3 Å². The van der Waals surface area contributed by atoms with E-state index in [-0.39, 0.29) is 23.1 Å². The van der Waals surface area contributed by atoms with Crippen LogP contribution in [0, 0.1) is 0 Å². The normalized spacial score (nSPS) is 12.7. The molecule has 0 bridgehead atoms. The van der Waals surface area contributed by atoms with E-state index in [2.05, 4.69) is 25.0 Å². The maximum absolute atomic E-state index is 12.7. The van der Waals surface area contributed by atoms with E-state index in [0.29, 0.717) is 0 Å². The van der Waals surface area contributed by atoms with Crippen molar-refractivity contribution in [3.05, 3.63) is 24.0 Å². The molecule has 3 heterocycles. The van der Waals surface area contributed by atoms with Crippen LogP contribution in [0.15, 0.2) is 23.5 Å². The summed E-state index contributed by atoms with van der Waals surface area (Å²) in [4.78, 5) is 14.4. The van der Waals surface area contributed by atoms with Crippen LogP contribution in [0.4, 0.5) is 19.1 Å². The van der Waals surface area contributed by atoms with Crippen molar-refractivity contribution in [1.82, 2.24) is 29.5 Å². The Balaban J connectivity index is 2.17. The van der Waals surface area contributed by atoms with Crippen LogP contribution < -0.4 is 5.73 Å². The molecule has 0 aliphatic carbocycles. The molecule has 126 valence electrons. The number of fused-ring (bicyclic) bond motifs is 1. The van der Waals surface area contributed by atoms with Gasteiger partial charge in [0.1, 0.15) is 5.69 Å². The second-order valence-corrected chi connectivity index (χ2v) is 6.62. The molecule has 0 saturated carbocycles. The van der Waals surface area contributed by atoms with Crippen LogP contribution in [-0.4, -0.2) is 44.2 Å². The molecule has 0 aliphatic rings. The summed E-state index contributed by atoms with van der Waals surface area (Å²) < 4.78 is 62.1. The van der Waals surface area contributed by atoms with Gasteiger partial charge in [0.15, 0.2) is 5.82 Å². The first-order chi connectivity index (χ1) is 11.1. The topological polar surface area (TPSA) is 129 Å². The average Bonchev–Trinajstić information content (AvgIpc) is 2.90. The third-order valence-electron chi connectivity index (χ3n) is 2.85. The smallest absolute Gasteiger partial charge is 0.368 e. The molecule has 3 aromatic rings. The average molecular weight is 359 g/mol. The standard InChI is InChI=1S/C11H8F3N7O2S/c1-24(22,23)10-18-8(15)21-9(19-10)17-7(20-21)5-2-3-16-6(4-5)11(12,13)14/h2-4H,1H3,(H2,15,17,18,19,20). The number of halogens is 3. The maximum Gasteiger partial charge on any atom is 0.433 e. The van der Waals surface area contributed by atoms with Gasteiger partial charge in [-0.1, -0.05) is 0 Å². The molecule has 2 N–H and O–H groups in total. The largest absolute Gasteiger partial charge is 0.433 e. The van der Waals surface area contributed by atoms with E-state index in [1.54, 1.807) is 0 Å². The third kappa shape index (κ3) is 2.84. The number of anilines is 1. The Kier molecular flexibility index (Phi) is 3.40. The Bertz CT molecular complexity index is 1050. The molecule has 0 unspecified atom stereocenters. The number of aromatic nitrogens is 6. The molecule has 0 aromatic carbocycles. The minimum absolute atomic E-state index is 0.0168. The van der Waals surface area contributed by atoms with Crippen LogP contribution >= 0.6 is 0 Å². The van der Waals surface area contributed by atoms with Crippen molar-refractivity contribution in [2.75, 3.05) is 12.0 Å². The lowest BCUT2D eigenvalue weighted by molar-refractivity contribution is -0.141. The van der Waals surface area contributed by atoms with Crippen molar-refractivity contribution in [1.29, 1.82) is 0 Å². The van der Waals surface area contributed by atoms with Gasteiger partial charge in [-0.15, -0.1) is 5.10 Å². The first kappa shape index (κ1) is 16.0. The minimum Gasteiger partial charge on any atom is -0.368 e. The van der Waals surface area contributed by atoms with E-state index in [9.17, 15) is 21.6 Å². The Morgan fingerprint density at radius 3 is 2.54 bits per heavy atom. The van der Waals surface area contributed by atoms with Crippen LogP contribution in [0.2, 0.25) is 0 Å². The van der Waals surface area contributed by atoms with Crippen molar-refractivity contribution >= 4 is 21.6 Å². The van der Waals surface area contributed by atoms with Crippen molar-refractivity contribution in [3.63, 3.8) is 0 Å². The van der Waals surface area contributed by atoms with Gasteiger partial charge in [-0.2, -0.15) is 32.6 Å². The van der Waals surface area contributed by atoms with E-state index in [1.807, 2.05) is 0 Å². The SMILES string of the molecule is CS(=O)(=O)c1nc(N)n2nc(-c3ccnc(C(F)(F)F)c3)nc2n1. The summed E-state index contributed by atoms with van der Waals surface area (Å²) in [5.41, 5.74) is 4.50. The number of rotatable bonds is 2. The fourth-order valence-corrected chi connectivity index (χ4v) is 2.31. The van der Waals surface area contributed by atoms with E-state index < -0.39 is 26.9 Å². The molecule has 3 aromatic heterocycles. The van der Waals surface area contributed by atoms with Crippen LogP contribution in [0.1, 0.15) is 5.69 Å². The highest BCUT2D eigenvalue weighted by Crippen LogP contribution is 2.29. The fraction of sp³-hybridized carbons (Fsp3) is 0.182. The number of hydrogen-bond donors (Lipinski definition) is 1. The molecule has 0 aliphatic heterocycles. The summed E-state index contributed by atoms with van der Waals surface area (Å²) in [6.07, 6.45) is -2.79. The van der Waals surface area contributed by atoms with Crippen molar-refractivity contribution < 1.29 is 21.6 Å². The van der Waals surface area contributed by atoms with E-state index in [4.69, 9.17) is 5.73 Å². The van der Waals surface area contributed by atoms with Gasteiger partial charge >= 0.3 is 6.18 Å². The highest BCUT2D eigenvalue weighted by Gasteiger charge is 2.32. The molecular formula is C11H8F3N7O2S. The maximum atomic E-state index is 12.7. The van der Waals surface area contributed by atoms with Gasteiger partial charge in [0, 0.05) is 18.0 Å². The first-order valence-electron chi connectivity index (χ1n) is 6.19. The molecule has 0 saturated heterocycles. The Morgan fingerprint density at radius 2 is 1.92 bits per heavy atom. The van der Waals surface area contributed by atoms with Gasteiger partial charge in [-0.3, -0.25) is 4.98 Å². The van der Waals surface area contributed by atoms with Gasteiger partial charge in [0.2, 0.25) is 15.8 Å². The summed E-state index contributed by atoms with van der Waals surface area (Å²) in [5, 5.41) is 3.34. The van der Waals surface area contributed by atoms with E-state index in [1.165, 1.54) is 6.07 Å². The zero-order valence-electron chi connectivity index (χ0n) is 11.9. The lowest BCUT2D eigenvalue weighted by atomic mass is 10.2. The van der Waals surface area contributed by atoms with Gasteiger partial charge in [-0.05, 0) is 12.1 Å². The van der Waals surface area contributed by atoms with Crippen LogP contribution in [0.25, 0.3) is 17.2 Å². The second-order valence-electron chi connectivity index (χ2n) is 4.71. The predicted octanol–water partition coefficient (Wildman–Crippen LogP) is 0.586. The molecular weight excluding hydrogens is 351 g/mol.